The molecule has 2 unspecified atom stereocenters. The SMILES string of the molecule is CCOC(=O)CC(CCc1ccccc1)NS(=O)(=O)c1cccc(OC)c1.O=C(O)CC(CCc1ccccc1)NS(=O)(=O)c1cccc(OCCCCNc2ccccn2)c1. The van der Waals surface area contributed by atoms with Crippen molar-refractivity contribution in [3.8, 4) is 11.5 Å². The molecule has 0 aliphatic carbocycles. The fraction of sp³-hybridized carbons (Fsp3) is 0.326. The van der Waals surface area contributed by atoms with Gasteiger partial charge in [0, 0.05) is 37.0 Å². The van der Waals surface area contributed by atoms with Gasteiger partial charge in [-0.25, -0.2) is 31.3 Å². The normalized spacial score (nSPS) is 12.2. The summed E-state index contributed by atoms with van der Waals surface area (Å²) in [6, 6.07) is 36.1. The zero-order valence-electron chi connectivity index (χ0n) is 35.0. The predicted octanol–water partition coefficient (Wildman–Crippen LogP) is 7.04. The zero-order chi connectivity index (χ0) is 44.6. The predicted molar refractivity (Wildman–Crippen MR) is 238 cm³/mol. The van der Waals surface area contributed by atoms with Crippen LogP contribution in [-0.2, 0) is 47.2 Å². The Labute approximate surface area is 365 Å². The van der Waals surface area contributed by atoms with Gasteiger partial charge in [-0.3, -0.25) is 9.59 Å². The minimum atomic E-state index is -3.91. The fourth-order valence-electron chi connectivity index (χ4n) is 6.18. The van der Waals surface area contributed by atoms with Crippen molar-refractivity contribution in [2.75, 3.05) is 32.2 Å². The lowest BCUT2D eigenvalue weighted by Gasteiger charge is -2.18. The first-order valence-electron chi connectivity index (χ1n) is 20.4. The molecule has 0 aliphatic rings. The Kier molecular flexibility index (Phi) is 20.4. The molecule has 2 atom stereocenters. The molecule has 5 aromatic rings. The molecule has 0 fully saturated rings. The van der Waals surface area contributed by atoms with Gasteiger partial charge in [0.2, 0.25) is 20.0 Å². The lowest BCUT2D eigenvalue weighted by molar-refractivity contribution is -0.143. The Hall–Kier alpha value is -5.81. The number of methoxy groups -OCH3 is 1. The third kappa shape index (κ3) is 18.0. The number of benzene rings is 4. The second-order valence-corrected chi connectivity index (χ2v) is 17.6. The molecule has 14 nitrogen and oxygen atoms in total. The number of rotatable bonds is 25. The zero-order valence-corrected chi connectivity index (χ0v) is 36.7. The van der Waals surface area contributed by atoms with Crippen LogP contribution < -0.4 is 24.2 Å². The Morgan fingerprint density at radius 1 is 0.677 bits per heavy atom. The summed E-state index contributed by atoms with van der Waals surface area (Å²) in [5.74, 6) is 0.238. The van der Waals surface area contributed by atoms with Crippen LogP contribution in [0.4, 0.5) is 5.82 Å². The standard InChI is InChI=1S/C26H31N3O5S.C20H25NO5S/c30-26(31)19-22(15-14-21-9-2-1-3-10-21)29-35(32,33)24-12-8-11-23(20-24)34-18-7-6-17-28-25-13-4-5-16-27-25;1-3-26-20(22)14-17(13-12-16-8-5-4-6-9-16)21-27(23,24)19-11-7-10-18(15-19)25-2/h1-5,8-13,16,20,22,29H,6-7,14-15,17-19H2,(H,27,28)(H,30,31);4-11,15,17,21H,3,12-14H2,1-2H3. The Balaban J connectivity index is 0.000000282. The van der Waals surface area contributed by atoms with Gasteiger partial charge in [0.15, 0.2) is 0 Å². The highest BCUT2D eigenvalue weighted by Gasteiger charge is 2.24. The molecular weight excluding hydrogens is 833 g/mol. The molecule has 0 saturated carbocycles. The molecule has 1 heterocycles. The molecule has 62 heavy (non-hydrogen) atoms. The number of esters is 1. The van der Waals surface area contributed by atoms with Gasteiger partial charge in [-0.15, -0.1) is 0 Å². The number of sulfonamides is 2. The van der Waals surface area contributed by atoms with E-state index in [0.717, 1.165) is 36.3 Å². The first-order valence-corrected chi connectivity index (χ1v) is 23.3. The van der Waals surface area contributed by atoms with Crippen LogP contribution in [0.25, 0.3) is 0 Å². The van der Waals surface area contributed by atoms with E-state index in [4.69, 9.17) is 14.2 Å². The number of pyridine rings is 1. The number of carboxylic acid groups (broad SMARTS) is 1. The molecular formula is C46H56N4O10S2. The number of carbonyl (C=O) groups excluding carboxylic acids is 1. The molecule has 0 amide bonds. The highest BCUT2D eigenvalue weighted by Crippen LogP contribution is 2.21. The van der Waals surface area contributed by atoms with Gasteiger partial charge in [-0.1, -0.05) is 78.9 Å². The van der Waals surface area contributed by atoms with E-state index in [2.05, 4.69) is 19.7 Å². The minimum Gasteiger partial charge on any atom is -0.497 e. The number of aliphatic carboxylic acids is 1. The number of hydrogen-bond donors (Lipinski definition) is 4. The molecule has 0 saturated heterocycles. The monoisotopic (exact) mass is 888 g/mol. The average molecular weight is 889 g/mol. The second kappa shape index (κ2) is 25.8. The number of ether oxygens (including phenoxy) is 3. The topological polar surface area (TPSA) is 199 Å². The van der Waals surface area contributed by atoms with Gasteiger partial charge in [0.25, 0.3) is 0 Å². The van der Waals surface area contributed by atoms with Gasteiger partial charge in [-0.2, -0.15) is 0 Å². The number of unbranched alkanes of at least 4 members (excludes halogenated alkanes) is 1. The smallest absolute Gasteiger partial charge is 0.307 e. The third-order valence-electron chi connectivity index (χ3n) is 9.31. The maximum atomic E-state index is 13.0. The van der Waals surface area contributed by atoms with Gasteiger partial charge in [-0.05, 0) is 93.0 Å². The maximum Gasteiger partial charge on any atom is 0.307 e. The van der Waals surface area contributed by atoms with Gasteiger partial charge in [0.05, 0.1) is 43.0 Å². The van der Waals surface area contributed by atoms with Crippen LogP contribution >= 0.6 is 0 Å². The number of carboxylic acids is 1. The minimum absolute atomic E-state index is 0.0239. The van der Waals surface area contributed by atoms with Crippen molar-refractivity contribution in [3.05, 3.63) is 145 Å². The molecule has 0 radical (unpaired) electrons. The van der Waals surface area contributed by atoms with Crippen molar-refractivity contribution in [1.29, 1.82) is 0 Å². The van der Waals surface area contributed by atoms with Crippen LogP contribution in [0.5, 0.6) is 11.5 Å². The Morgan fingerprint density at radius 3 is 1.76 bits per heavy atom. The molecule has 0 spiro atoms. The van der Waals surface area contributed by atoms with Crippen molar-refractivity contribution in [3.63, 3.8) is 0 Å². The first-order chi connectivity index (χ1) is 29.9. The van der Waals surface area contributed by atoms with Crippen molar-refractivity contribution in [1.82, 2.24) is 14.4 Å². The summed E-state index contributed by atoms with van der Waals surface area (Å²) in [4.78, 5) is 27.6. The van der Waals surface area contributed by atoms with Crippen LogP contribution in [-0.4, -0.2) is 77.8 Å². The average Bonchev–Trinajstić information content (AvgIpc) is 3.27. The number of carbonyl (C=O) groups is 2. The fourth-order valence-corrected chi connectivity index (χ4v) is 8.79. The number of hydrogen-bond acceptors (Lipinski definition) is 11. The van der Waals surface area contributed by atoms with E-state index in [1.807, 2.05) is 78.9 Å². The van der Waals surface area contributed by atoms with Crippen LogP contribution in [0.15, 0.2) is 143 Å². The molecule has 4 N–H and O–H groups in total. The van der Waals surface area contributed by atoms with E-state index in [9.17, 15) is 31.5 Å². The molecule has 332 valence electrons. The molecule has 5 rings (SSSR count). The van der Waals surface area contributed by atoms with Crippen LogP contribution in [0.2, 0.25) is 0 Å². The first kappa shape index (κ1) is 48.9. The molecule has 0 aliphatic heterocycles. The van der Waals surface area contributed by atoms with Gasteiger partial charge >= 0.3 is 11.9 Å². The summed E-state index contributed by atoms with van der Waals surface area (Å²) in [7, 11) is -6.23. The number of anilines is 1. The van der Waals surface area contributed by atoms with Crippen LogP contribution in [0, 0.1) is 0 Å². The molecule has 16 heteroatoms. The second-order valence-electron chi connectivity index (χ2n) is 14.1. The van der Waals surface area contributed by atoms with E-state index in [1.54, 1.807) is 37.4 Å². The Morgan fingerprint density at radius 2 is 1.23 bits per heavy atom. The quantitative estimate of drug-likeness (QED) is 0.0345. The highest BCUT2D eigenvalue weighted by molar-refractivity contribution is 7.89. The van der Waals surface area contributed by atoms with Gasteiger partial charge < -0.3 is 24.6 Å². The largest absolute Gasteiger partial charge is 0.497 e. The van der Waals surface area contributed by atoms with E-state index in [0.29, 0.717) is 43.8 Å². The van der Waals surface area contributed by atoms with E-state index in [1.165, 1.54) is 31.4 Å². The number of aryl methyl sites for hydroxylation is 2. The lowest BCUT2D eigenvalue weighted by Crippen LogP contribution is -2.37. The summed E-state index contributed by atoms with van der Waals surface area (Å²) in [6.45, 7) is 3.18. The van der Waals surface area contributed by atoms with Crippen molar-refractivity contribution in [2.45, 2.75) is 80.2 Å². The summed E-state index contributed by atoms with van der Waals surface area (Å²) in [5.41, 5.74) is 2.10. The van der Waals surface area contributed by atoms with Crippen molar-refractivity contribution in [2.24, 2.45) is 0 Å². The molecule has 0 bridgehead atoms. The maximum absolute atomic E-state index is 13.0. The number of nitrogens with zero attached hydrogens (tertiary/aromatic N) is 1. The van der Waals surface area contributed by atoms with Crippen molar-refractivity contribution >= 4 is 37.8 Å². The highest BCUT2D eigenvalue weighted by atomic mass is 32.2. The summed E-state index contributed by atoms with van der Waals surface area (Å²) >= 11 is 0. The van der Waals surface area contributed by atoms with E-state index < -0.39 is 44.1 Å². The lowest BCUT2D eigenvalue weighted by atomic mass is 10.0. The molecule has 4 aromatic carbocycles. The number of aromatic nitrogens is 1. The third-order valence-corrected chi connectivity index (χ3v) is 12.3. The summed E-state index contributed by atoms with van der Waals surface area (Å²) < 4.78 is 72.4. The summed E-state index contributed by atoms with van der Waals surface area (Å²) in [5, 5.41) is 12.5. The number of nitrogens with one attached hydrogen (secondary N) is 3. The van der Waals surface area contributed by atoms with Gasteiger partial charge in [0.1, 0.15) is 17.3 Å². The summed E-state index contributed by atoms with van der Waals surface area (Å²) in [6.07, 6.45) is 5.13. The van der Waals surface area contributed by atoms with Crippen molar-refractivity contribution < 1.29 is 45.7 Å². The van der Waals surface area contributed by atoms with E-state index in [-0.39, 0.29) is 29.2 Å². The van der Waals surface area contributed by atoms with Crippen LogP contribution in [0.3, 0.4) is 0 Å². The Bertz CT molecular complexity index is 2320. The molecule has 1 aromatic heterocycles. The van der Waals surface area contributed by atoms with E-state index >= 15 is 0 Å². The van der Waals surface area contributed by atoms with Crippen LogP contribution in [0.1, 0.15) is 56.6 Å².